The van der Waals surface area contributed by atoms with Crippen molar-refractivity contribution in [3.63, 3.8) is 0 Å². The molecule has 1 amide bonds. The quantitative estimate of drug-likeness (QED) is 0.672. The number of aromatic nitrogens is 2. The third-order valence-electron chi connectivity index (χ3n) is 2.67. The summed E-state index contributed by atoms with van der Waals surface area (Å²) in [5, 5.41) is 11.5. The molecule has 0 aliphatic carbocycles. The van der Waals surface area contributed by atoms with Crippen molar-refractivity contribution in [3.05, 3.63) is 46.6 Å². The van der Waals surface area contributed by atoms with E-state index in [2.05, 4.69) is 15.5 Å². The standard InChI is InChI=1S/C14H9Cl2N3O3S/c15-8-3-4-9(16)10(6-8)17-12(20)7-23-14-19-18-13(22-14)11-2-1-5-21-11/h1-6H,7H2,(H,17,20). The first-order valence-electron chi connectivity index (χ1n) is 6.37. The van der Waals surface area contributed by atoms with Gasteiger partial charge in [0.1, 0.15) is 0 Å². The Balaban J connectivity index is 1.58. The van der Waals surface area contributed by atoms with Gasteiger partial charge in [-0.2, -0.15) is 0 Å². The van der Waals surface area contributed by atoms with Gasteiger partial charge in [0.25, 0.3) is 11.1 Å². The van der Waals surface area contributed by atoms with Crippen LogP contribution in [0.2, 0.25) is 10.0 Å². The summed E-state index contributed by atoms with van der Waals surface area (Å²) in [5.74, 6) is 0.551. The van der Waals surface area contributed by atoms with Gasteiger partial charge >= 0.3 is 0 Å². The number of anilines is 1. The molecule has 1 N–H and O–H groups in total. The smallest absolute Gasteiger partial charge is 0.284 e. The van der Waals surface area contributed by atoms with Crippen molar-refractivity contribution in [3.8, 4) is 11.7 Å². The number of thioether (sulfide) groups is 1. The van der Waals surface area contributed by atoms with Gasteiger partial charge in [0.05, 0.1) is 22.7 Å². The molecule has 23 heavy (non-hydrogen) atoms. The molecule has 3 aromatic rings. The van der Waals surface area contributed by atoms with E-state index in [1.807, 2.05) is 0 Å². The van der Waals surface area contributed by atoms with Crippen LogP contribution in [0.3, 0.4) is 0 Å². The van der Waals surface area contributed by atoms with Crippen LogP contribution < -0.4 is 5.32 Å². The fourth-order valence-corrected chi connectivity index (χ4v) is 2.57. The molecule has 0 saturated carbocycles. The number of furan rings is 1. The zero-order valence-electron chi connectivity index (χ0n) is 11.5. The molecular weight excluding hydrogens is 361 g/mol. The van der Waals surface area contributed by atoms with Crippen LogP contribution in [0.4, 0.5) is 5.69 Å². The minimum atomic E-state index is -0.267. The predicted molar refractivity (Wildman–Crippen MR) is 87.8 cm³/mol. The summed E-state index contributed by atoms with van der Waals surface area (Å²) < 4.78 is 10.5. The first-order chi connectivity index (χ1) is 11.1. The van der Waals surface area contributed by atoms with E-state index in [9.17, 15) is 4.79 Å². The average Bonchev–Trinajstić information content (AvgIpc) is 3.19. The maximum absolute atomic E-state index is 11.9. The van der Waals surface area contributed by atoms with Crippen molar-refractivity contribution in [1.29, 1.82) is 0 Å². The van der Waals surface area contributed by atoms with Crippen LogP contribution in [0.25, 0.3) is 11.7 Å². The van der Waals surface area contributed by atoms with E-state index in [1.54, 1.807) is 30.3 Å². The van der Waals surface area contributed by atoms with Crippen molar-refractivity contribution < 1.29 is 13.6 Å². The fourth-order valence-electron chi connectivity index (χ4n) is 1.67. The second kappa shape index (κ2) is 7.08. The van der Waals surface area contributed by atoms with Crippen LogP contribution in [-0.4, -0.2) is 21.9 Å². The number of carbonyl (C=O) groups is 1. The van der Waals surface area contributed by atoms with Crippen LogP contribution in [0.5, 0.6) is 0 Å². The lowest BCUT2D eigenvalue weighted by Gasteiger charge is -2.06. The van der Waals surface area contributed by atoms with Crippen LogP contribution in [0, 0.1) is 0 Å². The molecular formula is C14H9Cl2N3O3S. The van der Waals surface area contributed by atoms with Gasteiger partial charge < -0.3 is 14.2 Å². The van der Waals surface area contributed by atoms with Gasteiger partial charge in [-0.3, -0.25) is 4.79 Å². The number of hydrogen-bond donors (Lipinski definition) is 1. The Morgan fingerprint density at radius 2 is 2.13 bits per heavy atom. The number of amides is 1. The van der Waals surface area contributed by atoms with Crippen molar-refractivity contribution in [2.45, 2.75) is 5.22 Å². The molecule has 0 atom stereocenters. The zero-order valence-corrected chi connectivity index (χ0v) is 13.8. The third-order valence-corrected chi connectivity index (χ3v) is 4.05. The molecule has 0 fully saturated rings. The predicted octanol–water partition coefficient (Wildman–Crippen LogP) is 4.37. The van der Waals surface area contributed by atoms with Crippen molar-refractivity contribution >= 4 is 46.6 Å². The molecule has 0 aliphatic heterocycles. The van der Waals surface area contributed by atoms with Gasteiger partial charge in [-0.15, -0.1) is 10.2 Å². The molecule has 118 valence electrons. The fraction of sp³-hybridized carbons (Fsp3) is 0.0714. The van der Waals surface area contributed by atoms with Crippen LogP contribution >= 0.6 is 35.0 Å². The van der Waals surface area contributed by atoms with E-state index in [-0.39, 0.29) is 22.8 Å². The molecule has 1 aromatic carbocycles. The monoisotopic (exact) mass is 369 g/mol. The lowest BCUT2D eigenvalue weighted by Crippen LogP contribution is -2.14. The minimum absolute atomic E-state index is 0.0859. The van der Waals surface area contributed by atoms with Crippen molar-refractivity contribution in [1.82, 2.24) is 10.2 Å². The highest BCUT2D eigenvalue weighted by molar-refractivity contribution is 7.99. The average molecular weight is 370 g/mol. The Morgan fingerprint density at radius 1 is 1.26 bits per heavy atom. The molecule has 2 heterocycles. The molecule has 6 nitrogen and oxygen atoms in total. The zero-order chi connectivity index (χ0) is 16.2. The SMILES string of the molecule is O=C(CSc1nnc(-c2ccco2)o1)Nc1cc(Cl)ccc1Cl. The molecule has 0 radical (unpaired) electrons. The maximum Gasteiger partial charge on any atom is 0.284 e. The van der Waals surface area contributed by atoms with Crippen molar-refractivity contribution in [2.75, 3.05) is 11.1 Å². The van der Waals surface area contributed by atoms with Crippen LogP contribution in [-0.2, 0) is 4.79 Å². The third kappa shape index (κ3) is 4.07. The molecule has 2 aromatic heterocycles. The van der Waals surface area contributed by atoms with Gasteiger partial charge in [-0.05, 0) is 30.3 Å². The number of benzene rings is 1. The van der Waals surface area contributed by atoms with Gasteiger partial charge in [0.15, 0.2) is 5.76 Å². The highest BCUT2D eigenvalue weighted by Gasteiger charge is 2.13. The molecule has 9 heteroatoms. The van der Waals surface area contributed by atoms with E-state index in [4.69, 9.17) is 32.0 Å². The normalized spacial score (nSPS) is 10.7. The second-order valence-corrected chi connectivity index (χ2v) is 6.08. The Morgan fingerprint density at radius 3 is 2.91 bits per heavy atom. The Bertz CT molecular complexity index is 821. The van der Waals surface area contributed by atoms with E-state index in [1.165, 1.54) is 6.26 Å². The highest BCUT2D eigenvalue weighted by atomic mass is 35.5. The summed E-state index contributed by atoms with van der Waals surface area (Å²) >= 11 is 13.0. The maximum atomic E-state index is 11.9. The minimum Gasteiger partial charge on any atom is -0.459 e. The molecule has 0 saturated heterocycles. The molecule has 3 rings (SSSR count). The van der Waals surface area contributed by atoms with E-state index in [0.717, 1.165) is 11.8 Å². The molecule has 0 unspecified atom stereocenters. The van der Waals surface area contributed by atoms with Gasteiger partial charge in [0.2, 0.25) is 5.91 Å². The number of halogens is 2. The Hall–Kier alpha value is -1.96. The van der Waals surface area contributed by atoms with E-state index < -0.39 is 0 Å². The van der Waals surface area contributed by atoms with Crippen molar-refractivity contribution in [2.24, 2.45) is 0 Å². The lowest BCUT2D eigenvalue weighted by molar-refractivity contribution is -0.113. The summed E-state index contributed by atoms with van der Waals surface area (Å²) in [6, 6.07) is 8.25. The number of nitrogens with zero attached hydrogens (tertiary/aromatic N) is 2. The Labute approximate surface area is 145 Å². The topological polar surface area (TPSA) is 81.2 Å². The molecule has 0 aliphatic rings. The number of rotatable bonds is 5. The first kappa shape index (κ1) is 15.9. The molecule has 0 bridgehead atoms. The number of nitrogens with one attached hydrogen (secondary N) is 1. The number of carbonyl (C=O) groups excluding carboxylic acids is 1. The van der Waals surface area contributed by atoms with E-state index >= 15 is 0 Å². The summed E-state index contributed by atoms with van der Waals surface area (Å²) in [7, 11) is 0. The summed E-state index contributed by atoms with van der Waals surface area (Å²) in [6.45, 7) is 0. The van der Waals surface area contributed by atoms with Gasteiger partial charge in [-0.25, -0.2) is 0 Å². The molecule has 0 spiro atoms. The highest BCUT2D eigenvalue weighted by Crippen LogP contribution is 2.26. The lowest BCUT2D eigenvalue weighted by atomic mass is 10.3. The summed E-state index contributed by atoms with van der Waals surface area (Å²) in [4.78, 5) is 11.9. The van der Waals surface area contributed by atoms with E-state index in [0.29, 0.717) is 21.5 Å². The first-order valence-corrected chi connectivity index (χ1v) is 8.11. The van der Waals surface area contributed by atoms with Crippen LogP contribution in [0.15, 0.2) is 50.7 Å². The Kier molecular flexibility index (Phi) is 4.90. The second-order valence-electron chi connectivity index (χ2n) is 4.31. The van der Waals surface area contributed by atoms with Gasteiger partial charge in [-0.1, -0.05) is 35.0 Å². The van der Waals surface area contributed by atoms with Gasteiger partial charge in [0, 0.05) is 5.02 Å². The van der Waals surface area contributed by atoms with Crippen LogP contribution in [0.1, 0.15) is 0 Å². The summed E-state index contributed by atoms with van der Waals surface area (Å²) in [6.07, 6.45) is 1.51. The largest absolute Gasteiger partial charge is 0.459 e. The number of hydrogen-bond acceptors (Lipinski definition) is 6. The summed E-state index contributed by atoms with van der Waals surface area (Å²) in [5.41, 5.74) is 0.451.